The number of fused-ring (bicyclic) bond motifs is 7. The number of aliphatic hydroxyl groups is 14. The molecule has 0 unspecified atom stereocenters. The maximum atomic E-state index is 16.1. The van der Waals surface area contributed by atoms with Gasteiger partial charge in [0.15, 0.2) is 48.9 Å². The molecule has 0 bridgehead atoms. The highest BCUT2D eigenvalue weighted by Crippen LogP contribution is 2.76. The molecule has 5 aliphatic carbocycles. The molecule has 576 valence electrons. The van der Waals surface area contributed by atoms with E-state index >= 15 is 4.79 Å². The Morgan fingerprint density at radius 1 is 0.608 bits per heavy atom. The van der Waals surface area contributed by atoms with Crippen molar-refractivity contribution < 1.29 is 157 Å². The molecule has 32 heteroatoms. The van der Waals surface area contributed by atoms with Gasteiger partial charge in [-0.25, -0.2) is 4.79 Å². The number of allylic oxidation sites excluding steroid dienone is 1. The SMILES string of the molecule is COc1cc(/C=C/C(=O)O[C@@H]2[C@H](O)[C@@H](O[C@@H]3O[C@@H](C)[C@H](O[C@@H]4OC[C@@H](O)[C@H](O)[C@H]4O)[C@@H](O[C@@H]4OC[C@](O)(CO)[C@H]4O)[C@H]3O)[C@H](OC(=O)[C@]34CCC(C)(C)C[C@H]3C3=CC[C@@H]5[C@@]6(C)C[C@H](O)[C@H](O[C@@H]7O[C@H](CO)[C@@H](O)[C@H](O)[C@H]7O)[C@@](C)(C(=O)O)[C@@H]6CC[C@@]5(C)[C@]3(CO)CC4)O[C@@H]2C)cc(OC)c1OC. The van der Waals surface area contributed by atoms with Gasteiger partial charge in [0, 0.05) is 11.5 Å². The van der Waals surface area contributed by atoms with Gasteiger partial charge in [-0.1, -0.05) is 39.3 Å². The van der Waals surface area contributed by atoms with Crippen LogP contribution in [-0.4, -0.2) is 296 Å². The fourth-order valence-electron chi connectivity index (χ4n) is 19.2. The van der Waals surface area contributed by atoms with E-state index < -0.39 is 242 Å². The van der Waals surface area contributed by atoms with Crippen LogP contribution in [0.15, 0.2) is 29.9 Å². The number of methoxy groups -OCH3 is 3. The third-order valence-electron chi connectivity index (χ3n) is 25.1. The molecule has 102 heavy (non-hydrogen) atoms. The standard InChI is InChI=1S/C70H104O32/c1-30-50(97-42(76)14-11-32-21-37(89-8)52(91-10)38(22-32)90-9)48(82)54(100-59-49(83)53(99-61-55(84)70(88,28-73)29-93-61)51(31(2)94-59)98-57-46(80)43(77)36(75)26-92-57)60(95-30)102-63(87)68-18-17-64(3,4)23-34(68)33-12-13-40-65(5)24-35(74)56(101-58-47(81)45(79)44(78)39(25-71)96-58)67(7,62(85)86)41(65)15-16-66(40,6)69(33,27-72)20-19-68/h11-12,14,21-22,30-31,34-36,39-41,43-51,53-61,71-75,77-84,88H,13,15-20,23-29H2,1-10H3,(H,85,86)/b14-11+/t30-,31+,34+,35+,36-,39-,40-,41-,43+,44-,45+,46-,47-,48+,49-,50+,51+,53+,54-,55+,56+,57+,58+,59+,60+,61+,65-,66-,67+,68+,69+,70-/m1/s1. The Kier molecular flexibility index (Phi) is 22.8. The molecule has 15 N–H and O–H groups in total. The third kappa shape index (κ3) is 13.3. The molecule has 10 aliphatic rings. The molecule has 32 nitrogen and oxygen atoms in total. The Hall–Kier alpha value is -4.41. The van der Waals surface area contributed by atoms with E-state index in [0.717, 1.165) is 11.6 Å². The van der Waals surface area contributed by atoms with Crippen LogP contribution >= 0.6 is 0 Å². The lowest BCUT2D eigenvalue weighted by molar-refractivity contribution is -0.384. The van der Waals surface area contributed by atoms with E-state index in [2.05, 4.69) is 26.8 Å². The maximum absolute atomic E-state index is 16.1. The van der Waals surface area contributed by atoms with E-state index in [9.17, 15) is 86.2 Å². The first-order chi connectivity index (χ1) is 48.0. The molecular formula is C70H104O32. The van der Waals surface area contributed by atoms with E-state index in [1.54, 1.807) is 12.1 Å². The first-order valence-electron chi connectivity index (χ1n) is 35.0. The summed E-state index contributed by atoms with van der Waals surface area (Å²) in [4.78, 5) is 44.0. The van der Waals surface area contributed by atoms with Crippen LogP contribution in [0.3, 0.4) is 0 Å². The van der Waals surface area contributed by atoms with Gasteiger partial charge in [-0.05, 0) is 136 Å². The smallest absolute Gasteiger partial charge is 0.331 e. The van der Waals surface area contributed by atoms with Gasteiger partial charge in [-0.15, -0.1) is 0 Å². The Morgan fingerprint density at radius 2 is 1.24 bits per heavy atom. The van der Waals surface area contributed by atoms with E-state index in [0.29, 0.717) is 31.2 Å². The van der Waals surface area contributed by atoms with Crippen molar-refractivity contribution in [3.63, 3.8) is 0 Å². The fraction of sp³-hybridized carbons (Fsp3) is 0.814. The number of benzene rings is 1. The lowest BCUT2D eigenvalue weighted by Gasteiger charge is -2.71. The van der Waals surface area contributed by atoms with Crippen LogP contribution in [0.2, 0.25) is 0 Å². The summed E-state index contributed by atoms with van der Waals surface area (Å²) in [5.74, 6) is -4.00. The lowest BCUT2D eigenvalue weighted by atomic mass is 9.33. The molecule has 11 rings (SSSR count). The zero-order valence-electron chi connectivity index (χ0n) is 58.9. The highest BCUT2D eigenvalue weighted by atomic mass is 16.8. The molecule has 32 atom stereocenters. The van der Waals surface area contributed by atoms with E-state index in [4.69, 9.17) is 66.3 Å². The summed E-state index contributed by atoms with van der Waals surface area (Å²) in [7, 11) is 4.25. The maximum Gasteiger partial charge on any atom is 0.331 e. The molecule has 1 aromatic carbocycles. The second-order valence-electron chi connectivity index (χ2n) is 31.3. The van der Waals surface area contributed by atoms with Gasteiger partial charge in [0.2, 0.25) is 12.0 Å². The average Bonchev–Trinajstić information content (AvgIpc) is 0.708. The zero-order valence-corrected chi connectivity index (χ0v) is 58.9. The summed E-state index contributed by atoms with van der Waals surface area (Å²) in [6.45, 7) is 9.25. The van der Waals surface area contributed by atoms with E-state index in [-0.39, 0.29) is 56.0 Å². The van der Waals surface area contributed by atoms with E-state index in [1.165, 1.54) is 48.2 Å². The summed E-state index contributed by atoms with van der Waals surface area (Å²) < 4.78 is 83.7. The van der Waals surface area contributed by atoms with Gasteiger partial charge < -0.3 is 143 Å². The number of carbonyl (C=O) groups is 3. The Morgan fingerprint density at radius 3 is 1.86 bits per heavy atom. The van der Waals surface area contributed by atoms with Gasteiger partial charge in [0.25, 0.3) is 0 Å². The number of carboxylic acid groups (broad SMARTS) is 1. The summed E-state index contributed by atoms with van der Waals surface area (Å²) in [6, 6.07) is 3.13. The minimum Gasteiger partial charge on any atom is -0.493 e. The molecular weight excluding hydrogens is 1350 g/mol. The molecule has 0 amide bonds. The molecule has 4 saturated carbocycles. The predicted octanol–water partition coefficient (Wildman–Crippen LogP) is -1.58. The van der Waals surface area contributed by atoms with Crippen molar-refractivity contribution in [2.45, 2.75) is 253 Å². The fourth-order valence-corrected chi connectivity index (χ4v) is 19.2. The van der Waals surface area contributed by atoms with Gasteiger partial charge in [0.1, 0.15) is 85.0 Å². The van der Waals surface area contributed by atoms with Crippen LogP contribution in [0, 0.1) is 50.2 Å². The number of carbonyl (C=O) groups excluding carboxylic acids is 2. The second kappa shape index (κ2) is 29.6. The van der Waals surface area contributed by atoms with Crippen molar-refractivity contribution in [1.82, 2.24) is 0 Å². The van der Waals surface area contributed by atoms with Crippen molar-refractivity contribution in [2.24, 2.45) is 50.2 Å². The molecule has 1 aromatic rings. The Bertz CT molecular complexity index is 3200. The lowest BCUT2D eigenvalue weighted by Crippen LogP contribution is -2.71. The van der Waals surface area contributed by atoms with Crippen LogP contribution in [0.1, 0.15) is 112 Å². The topological polar surface area (TPSA) is 484 Å². The van der Waals surface area contributed by atoms with Crippen LogP contribution in [0.4, 0.5) is 0 Å². The second-order valence-corrected chi connectivity index (χ2v) is 31.3. The average molecular weight is 1460 g/mol. The quantitative estimate of drug-likeness (QED) is 0.0303. The van der Waals surface area contributed by atoms with Crippen LogP contribution in [0.25, 0.3) is 6.08 Å². The number of aliphatic carboxylic acids is 1. The van der Waals surface area contributed by atoms with Crippen LogP contribution in [-0.2, 0) is 66.5 Å². The Labute approximate surface area is 589 Å². The van der Waals surface area contributed by atoms with Crippen molar-refractivity contribution in [3.8, 4) is 17.2 Å². The minimum absolute atomic E-state index is 0.00577. The zero-order chi connectivity index (χ0) is 74.5. The number of esters is 2. The molecule has 0 radical (unpaired) electrons. The molecule has 5 saturated heterocycles. The van der Waals surface area contributed by atoms with Crippen molar-refractivity contribution in [1.29, 1.82) is 0 Å². The minimum atomic E-state index is -2.25. The Balaban J connectivity index is 0.913. The number of hydrogen-bond acceptors (Lipinski definition) is 31. The highest BCUT2D eigenvalue weighted by Gasteiger charge is 2.74. The molecule has 5 heterocycles. The molecule has 0 aromatic heterocycles. The highest BCUT2D eigenvalue weighted by molar-refractivity contribution is 5.87. The van der Waals surface area contributed by atoms with Crippen LogP contribution < -0.4 is 14.2 Å². The van der Waals surface area contributed by atoms with Gasteiger partial charge in [-0.3, -0.25) is 9.59 Å². The monoisotopic (exact) mass is 1460 g/mol. The normalized spacial score (nSPS) is 47.7. The van der Waals surface area contributed by atoms with Crippen molar-refractivity contribution in [2.75, 3.05) is 54.4 Å². The largest absolute Gasteiger partial charge is 0.493 e. The van der Waals surface area contributed by atoms with Gasteiger partial charge in [-0.2, -0.15) is 0 Å². The summed E-state index contributed by atoms with van der Waals surface area (Å²) in [5.41, 5.74) is -7.50. The first kappa shape index (κ1) is 78.7. The van der Waals surface area contributed by atoms with Gasteiger partial charge in [0.05, 0.1) is 83.5 Å². The third-order valence-corrected chi connectivity index (χ3v) is 25.1. The number of hydrogen-bond donors (Lipinski definition) is 15. The van der Waals surface area contributed by atoms with Crippen LogP contribution in [0.5, 0.6) is 17.2 Å². The number of ether oxygens (including phenoxy) is 14. The predicted molar refractivity (Wildman–Crippen MR) is 344 cm³/mol. The molecule has 5 aliphatic heterocycles. The van der Waals surface area contributed by atoms with E-state index in [1.807, 2.05) is 6.92 Å². The molecule has 9 fully saturated rings. The molecule has 0 spiro atoms. The van der Waals surface area contributed by atoms with Gasteiger partial charge >= 0.3 is 17.9 Å². The summed E-state index contributed by atoms with van der Waals surface area (Å²) in [6.07, 6.45) is -32.8. The number of aliphatic hydroxyl groups excluding tert-OH is 13. The summed E-state index contributed by atoms with van der Waals surface area (Å²) >= 11 is 0. The van der Waals surface area contributed by atoms with Crippen molar-refractivity contribution in [3.05, 3.63) is 35.4 Å². The first-order valence-corrected chi connectivity index (χ1v) is 35.0. The number of rotatable bonds is 20. The number of carboxylic acids is 1. The van der Waals surface area contributed by atoms with Crippen molar-refractivity contribution >= 4 is 24.0 Å². The summed E-state index contributed by atoms with van der Waals surface area (Å²) in [5, 5.41) is 168.